The molecule has 0 saturated heterocycles. The highest BCUT2D eigenvalue weighted by atomic mass is 16.6. The highest BCUT2D eigenvalue weighted by Crippen LogP contribution is 2.34. The van der Waals surface area contributed by atoms with Crippen molar-refractivity contribution in [2.45, 2.75) is 6.92 Å². The molecular weight excluding hydrogens is 236 g/mol. The summed E-state index contributed by atoms with van der Waals surface area (Å²) in [6.45, 7) is 1.81. The highest BCUT2D eigenvalue weighted by molar-refractivity contribution is 5.74. The number of nitro groups is 1. The molecule has 0 saturated carbocycles. The van der Waals surface area contributed by atoms with Gasteiger partial charge in [0, 0.05) is 17.2 Å². The van der Waals surface area contributed by atoms with E-state index in [9.17, 15) is 10.1 Å². The first-order valence-corrected chi connectivity index (χ1v) is 5.18. The molecule has 18 heavy (non-hydrogen) atoms. The molecule has 0 bridgehead atoms. The summed E-state index contributed by atoms with van der Waals surface area (Å²) in [5, 5.41) is 17.4. The molecule has 0 atom stereocenters. The third kappa shape index (κ3) is 1.86. The van der Waals surface area contributed by atoms with Gasteiger partial charge in [-0.2, -0.15) is 5.10 Å². The van der Waals surface area contributed by atoms with Gasteiger partial charge in [-0.05, 0) is 13.0 Å². The number of benzene rings is 1. The van der Waals surface area contributed by atoms with Gasteiger partial charge in [0.15, 0.2) is 0 Å². The molecular formula is C11H12N4O3. The van der Waals surface area contributed by atoms with Crippen molar-refractivity contribution in [2.24, 2.45) is 0 Å². The number of nitrogens with two attached hydrogens (primary N) is 1. The van der Waals surface area contributed by atoms with Crippen LogP contribution in [0.25, 0.3) is 11.3 Å². The van der Waals surface area contributed by atoms with Crippen molar-refractivity contribution in [3.8, 4) is 17.0 Å². The van der Waals surface area contributed by atoms with E-state index < -0.39 is 4.92 Å². The lowest BCUT2D eigenvalue weighted by Crippen LogP contribution is -1.93. The summed E-state index contributed by atoms with van der Waals surface area (Å²) in [7, 11) is 1.46. The Balaban J connectivity index is 2.58. The molecule has 2 aromatic rings. The Kier molecular flexibility index (Phi) is 2.88. The molecule has 7 nitrogen and oxygen atoms in total. The number of non-ortho nitro benzene ring substituents is 1. The number of hydrogen-bond acceptors (Lipinski definition) is 5. The summed E-state index contributed by atoms with van der Waals surface area (Å²) in [6.07, 6.45) is 0. The number of aromatic nitrogens is 2. The molecule has 0 aliphatic rings. The number of ether oxygens (including phenoxy) is 1. The number of hydrogen-bond donors (Lipinski definition) is 2. The summed E-state index contributed by atoms with van der Waals surface area (Å²) in [5.74, 6) is 0.793. The van der Waals surface area contributed by atoms with Crippen LogP contribution in [-0.4, -0.2) is 22.2 Å². The van der Waals surface area contributed by atoms with Gasteiger partial charge in [0.25, 0.3) is 5.69 Å². The van der Waals surface area contributed by atoms with Crippen LogP contribution in [0.1, 0.15) is 5.56 Å². The van der Waals surface area contributed by atoms with Gasteiger partial charge < -0.3 is 10.5 Å². The van der Waals surface area contributed by atoms with Crippen molar-refractivity contribution in [1.82, 2.24) is 10.2 Å². The Labute approximate surface area is 103 Å². The highest BCUT2D eigenvalue weighted by Gasteiger charge is 2.16. The minimum absolute atomic E-state index is 0.0271. The van der Waals surface area contributed by atoms with Gasteiger partial charge in [-0.3, -0.25) is 15.2 Å². The molecule has 2 rings (SSSR count). The fourth-order valence-electron chi connectivity index (χ4n) is 1.67. The molecule has 0 unspecified atom stereocenters. The van der Waals surface area contributed by atoms with Gasteiger partial charge in [-0.25, -0.2) is 0 Å². The number of anilines is 1. The van der Waals surface area contributed by atoms with Crippen LogP contribution in [0.3, 0.4) is 0 Å². The molecule has 1 aromatic carbocycles. The van der Waals surface area contributed by atoms with Crippen LogP contribution in [0.5, 0.6) is 5.75 Å². The second-order valence-corrected chi connectivity index (χ2v) is 3.75. The summed E-state index contributed by atoms with van der Waals surface area (Å²) in [5.41, 5.74) is 7.79. The normalized spacial score (nSPS) is 10.3. The van der Waals surface area contributed by atoms with Crippen LogP contribution in [-0.2, 0) is 0 Å². The molecule has 0 aliphatic heterocycles. The number of nitrogens with one attached hydrogen (secondary N) is 1. The third-order valence-corrected chi connectivity index (χ3v) is 2.71. The molecule has 1 heterocycles. The molecule has 0 spiro atoms. The molecule has 3 N–H and O–H groups in total. The maximum absolute atomic E-state index is 10.7. The quantitative estimate of drug-likeness (QED) is 0.637. The first kappa shape index (κ1) is 11.9. The van der Waals surface area contributed by atoms with E-state index in [-0.39, 0.29) is 5.69 Å². The minimum atomic E-state index is -0.472. The van der Waals surface area contributed by atoms with Crippen molar-refractivity contribution < 1.29 is 9.66 Å². The monoisotopic (exact) mass is 248 g/mol. The van der Waals surface area contributed by atoms with Crippen LogP contribution in [0.15, 0.2) is 18.2 Å². The second-order valence-electron chi connectivity index (χ2n) is 3.75. The Morgan fingerprint density at radius 1 is 1.50 bits per heavy atom. The lowest BCUT2D eigenvalue weighted by molar-refractivity contribution is -0.384. The molecule has 94 valence electrons. The maximum atomic E-state index is 10.7. The zero-order chi connectivity index (χ0) is 13.3. The van der Waals surface area contributed by atoms with E-state index in [0.29, 0.717) is 22.8 Å². The lowest BCUT2D eigenvalue weighted by Gasteiger charge is -2.07. The Hall–Kier alpha value is -2.57. The van der Waals surface area contributed by atoms with E-state index in [2.05, 4.69) is 10.2 Å². The van der Waals surface area contributed by atoms with E-state index in [1.54, 1.807) is 6.07 Å². The lowest BCUT2D eigenvalue weighted by atomic mass is 10.1. The fourth-order valence-corrected chi connectivity index (χ4v) is 1.67. The number of nitro benzene ring substituents is 1. The number of H-pyrrole nitrogens is 1. The van der Waals surface area contributed by atoms with Gasteiger partial charge in [-0.1, -0.05) is 0 Å². The van der Waals surface area contributed by atoms with Crippen LogP contribution in [0.4, 0.5) is 11.5 Å². The van der Waals surface area contributed by atoms with E-state index in [4.69, 9.17) is 10.5 Å². The SMILES string of the molecule is COc1cc([N+](=O)[O-])ccc1-c1[nH]nc(N)c1C. The van der Waals surface area contributed by atoms with Gasteiger partial charge in [-0.15, -0.1) is 0 Å². The standard InChI is InChI=1S/C11H12N4O3/c1-6-10(13-14-11(6)12)8-4-3-7(15(16)17)5-9(8)18-2/h3-5H,1-2H3,(H3,12,13,14). The van der Waals surface area contributed by atoms with Crippen molar-refractivity contribution in [1.29, 1.82) is 0 Å². The van der Waals surface area contributed by atoms with Crippen molar-refractivity contribution in [3.63, 3.8) is 0 Å². The molecule has 0 fully saturated rings. The van der Waals surface area contributed by atoms with Crippen molar-refractivity contribution in [2.75, 3.05) is 12.8 Å². The number of nitrogens with zero attached hydrogens (tertiary/aromatic N) is 2. The van der Waals surface area contributed by atoms with Crippen molar-refractivity contribution >= 4 is 11.5 Å². The van der Waals surface area contributed by atoms with Gasteiger partial charge >= 0.3 is 0 Å². The zero-order valence-corrected chi connectivity index (χ0v) is 9.93. The number of nitrogen functional groups attached to an aromatic ring is 1. The molecule has 1 aromatic heterocycles. The van der Waals surface area contributed by atoms with E-state index in [1.807, 2.05) is 6.92 Å². The van der Waals surface area contributed by atoms with Crippen molar-refractivity contribution in [3.05, 3.63) is 33.9 Å². The number of aromatic amines is 1. The molecule has 0 radical (unpaired) electrons. The number of rotatable bonds is 3. The van der Waals surface area contributed by atoms with Gasteiger partial charge in [0.2, 0.25) is 0 Å². The van der Waals surface area contributed by atoms with E-state index in [1.165, 1.54) is 19.2 Å². The maximum Gasteiger partial charge on any atom is 0.273 e. The largest absolute Gasteiger partial charge is 0.496 e. The predicted molar refractivity (Wildman–Crippen MR) is 66.4 cm³/mol. The Morgan fingerprint density at radius 3 is 2.72 bits per heavy atom. The smallest absolute Gasteiger partial charge is 0.273 e. The third-order valence-electron chi connectivity index (χ3n) is 2.71. The van der Waals surface area contributed by atoms with Gasteiger partial charge in [0.1, 0.15) is 11.6 Å². The number of methoxy groups -OCH3 is 1. The Bertz CT molecular complexity index is 606. The second kappa shape index (κ2) is 4.36. The Morgan fingerprint density at radius 2 is 2.22 bits per heavy atom. The van der Waals surface area contributed by atoms with Crippen LogP contribution in [0.2, 0.25) is 0 Å². The van der Waals surface area contributed by atoms with Gasteiger partial charge in [0.05, 0.1) is 23.8 Å². The fraction of sp³-hybridized carbons (Fsp3) is 0.182. The average Bonchev–Trinajstić information content (AvgIpc) is 2.69. The van der Waals surface area contributed by atoms with Crippen LogP contribution >= 0.6 is 0 Å². The predicted octanol–water partition coefficient (Wildman–Crippen LogP) is 1.88. The van der Waals surface area contributed by atoms with Crippen LogP contribution in [0, 0.1) is 17.0 Å². The summed E-state index contributed by atoms with van der Waals surface area (Å²) in [6, 6.07) is 4.39. The summed E-state index contributed by atoms with van der Waals surface area (Å²) < 4.78 is 5.16. The van der Waals surface area contributed by atoms with E-state index in [0.717, 1.165) is 5.56 Å². The topological polar surface area (TPSA) is 107 Å². The summed E-state index contributed by atoms with van der Waals surface area (Å²) in [4.78, 5) is 10.2. The van der Waals surface area contributed by atoms with E-state index >= 15 is 0 Å². The first-order valence-electron chi connectivity index (χ1n) is 5.18. The molecule has 0 aliphatic carbocycles. The molecule has 7 heteroatoms. The van der Waals surface area contributed by atoms with Crippen LogP contribution < -0.4 is 10.5 Å². The zero-order valence-electron chi connectivity index (χ0n) is 9.93. The summed E-state index contributed by atoms with van der Waals surface area (Å²) >= 11 is 0. The minimum Gasteiger partial charge on any atom is -0.496 e. The molecule has 0 amide bonds. The average molecular weight is 248 g/mol. The first-order chi connectivity index (χ1) is 8.54.